The molecule has 3 saturated carbocycles. The third-order valence-electron chi connectivity index (χ3n) is 8.76. The molecule has 4 aliphatic rings. The zero-order valence-electron chi connectivity index (χ0n) is 18.4. The second-order valence-corrected chi connectivity index (χ2v) is 10.6. The van der Waals surface area contributed by atoms with Crippen LogP contribution in [0.5, 0.6) is 0 Å². The first kappa shape index (κ1) is 22.4. The van der Waals surface area contributed by atoms with Gasteiger partial charge in [0.25, 0.3) is 0 Å². The maximum absolute atomic E-state index is 13.0. The summed E-state index contributed by atoms with van der Waals surface area (Å²) in [5.41, 5.74) is 3.27. The third kappa shape index (κ3) is 4.82. The Labute approximate surface area is 179 Å². The standard InChI is InChI=1S/C25H38F3NO/c1-24-13-3-5-19(8-7-18-4-2-6-22(30)16-18)23(24)10-9-20(24)11-14-29-15-12-21(17-29)25(26,27)28/h7-8,20-23,30H,2-6,9-17H2,1H3/b18-7-,19-8+/t20-,21?,22+,23?,24?/m1/s1. The highest BCUT2D eigenvalue weighted by atomic mass is 19.4. The van der Waals surface area contributed by atoms with Crippen LogP contribution in [0.25, 0.3) is 0 Å². The van der Waals surface area contributed by atoms with Gasteiger partial charge >= 0.3 is 6.18 Å². The fourth-order valence-corrected chi connectivity index (χ4v) is 6.91. The molecule has 3 unspecified atom stereocenters. The van der Waals surface area contributed by atoms with E-state index in [1.54, 1.807) is 5.57 Å². The van der Waals surface area contributed by atoms with Gasteiger partial charge in [-0.15, -0.1) is 0 Å². The van der Waals surface area contributed by atoms with Crippen molar-refractivity contribution in [2.75, 3.05) is 19.6 Å². The van der Waals surface area contributed by atoms with Gasteiger partial charge in [-0.05, 0) is 101 Å². The smallest absolute Gasteiger partial charge is 0.393 e. The minimum atomic E-state index is -4.04. The van der Waals surface area contributed by atoms with Crippen LogP contribution in [0.3, 0.4) is 0 Å². The first-order valence-electron chi connectivity index (χ1n) is 12.1. The summed E-state index contributed by atoms with van der Waals surface area (Å²) in [4.78, 5) is 2.05. The molecule has 0 bridgehead atoms. The van der Waals surface area contributed by atoms with E-state index in [0.717, 1.165) is 38.6 Å². The van der Waals surface area contributed by atoms with Crippen LogP contribution >= 0.6 is 0 Å². The van der Waals surface area contributed by atoms with E-state index in [1.165, 1.54) is 37.7 Å². The lowest BCUT2D eigenvalue weighted by molar-refractivity contribution is -0.170. The zero-order valence-corrected chi connectivity index (χ0v) is 18.4. The number of nitrogens with zero attached hydrogens (tertiary/aromatic N) is 1. The second-order valence-electron chi connectivity index (χ2n) is 10.6. The molecule has 0 amide bonds. The average molecular weight is 426 g/mol. The Morgan fingerprint density at radius 2 is 1.93 bits per heavy atom. The van der Waals surface area contributed by atoms with E-state index in [0.29, 0.717) is 23.8 Å². The van der Waals surface area contributed by atoms with E-state index in [4.69, 9.17) is 0 Å². The molecule has 1 saturated heterocycles. The van der Waals surface area contributed by atoms with E-state index >= 15 is 0 Å². The SMILES string of the molecule is CC12CCC/C(=C\C=C3\CCC[C@H](O)C3)C1CC[C@@H]2CCN1CCC(C(F)(F)F)C1. The third-order valence-corrected chi connectivity index (χ3v) is 8.76. The molecule has 1 heterocycles. The molecule has 170 valence electrons. The van der Waals surface area contributed by atoms with Crippen LogP contribution < -0.4 is 0 Å². The van der Waals surface area contributed by atoms with Gasteiger partial charge in [0.05, 0.1) is 12.0 Å². The highest BCUT2D eigenvalue weighted by Gasteiger charge is 2.49. The summed E-state index contributed by atoms with van der Waals surface area (Å²) in [7, 11) is 0. The quantitative estimate of drug-likeness (QED) is 0.574. The molecule has 0 aromatic heterocycles. The number of likely N-dealkylation sites (tertiary alicyclic amines) is 1. The fourth-order valence-electron chi connectivity index (χ4n) is 6.91. The summed E-state index contributed by atoms with van der Waals surface area (Å²) in [5.74, 6) is 0.128. The number of hydrogen-bond acceptors (Lipinski definition) is 2. The normalized spacial score (nSPS) is 41.0. The Kier molecular flexibility index (Phi) is 6.70. The summed E-state index contributed by atoms with van der Waals surface area (Å²) >= 11 is 0. The number of aliphatic hydroxyl groups is 1. The predicted molar refractivity (Wildman–Crippen MR) is 114 cm³/mol. The van der Waals surface area contributed by atoms with E-state index in [2.05, 4.69) is 19.1 Å². The molecule has 5 atom stereocenters. The van der Waals surface area contributed by atoms with Crippen molar-refractivity contribution in [2.24, 2.45) is 23.2 Å². The molecular formula is C25H38F3NO. The van der Waals surface area contributed by atoms with E-state index in [-0.39, 0.29) is 19.1 Å². The number of allylic oxidation sites excluding steroid dienone is 3. The largest absolute Gasteiger partial charge is 0.393 e. The average Bonchev–Trinajstić information content (AvgIpc) is 3.29. The molecule has 2 nitrogen and oxygen atoms in total. The van der Waals surface area contributed by atoms with Crippen molar-refractivity contribution in [1.29, 1.82) is 0 Å². The van der Waals surface area contributed by atoms with Gasteiger partial charge in [-0.3, -0.25) is 0 Å². The van der Waals surface area contributed by atoms with Crippen molar-refractivity contribution in [3.8, 4) is 0 Å². The molecule has 0 radical (unpaired) electrons. The monoisotopic (exact) mass is 425 g/mol. The molecule has 1 aliphatic heterocycles. The van der Waals surface area contributed by atoms with E-state index < -0.39 is 12.1 Å². The summed E-state index contributed by atoms with van der Waals surface area (Å²) in [6, 6.07) is 0. The number of hydrogen-bond donors (Lipinski definition) is 1. The van der Waals surface area contributed by atoms with Gasteiger partial charge in [0.15, 0.2) is 0 Å². The molecule has 0 aromatic carbocycles. The predicted octanol–water partition coefficient (Wildman–Crippen LogP) is 6.26. The van der Waals surface area contributed by atoms with Crippen LogP contribution in [0.2, 0.25) is 0 Å². The number of alkyl halides is 3. The Bertz CT molecular complexity index is 670. The number of halogens is 3. The van der Waals surface area contributed by atoms with Crippen LogP contribution in [-0.2, 0) is 0 Å². The van der Waals surface area contributed by atoms with Gasteiger partial charge in [0.2, 0.25) is 0 Å². The molecule has 30 heavy (non-hydrogen) atoms. The molecule has 0 aromatic rings. The van der Waals surface area contributed by atoms with Crippen molar-refractivity contribution < 1.29 is 18.3 Å². The van der Waals surface area contributed by atoms with Crippen LogP contribution in [-0.4, -0.2) is 41.9 Å². The minimum absolute atomic E-state index is 0.168. The Hall–Kier alpha value is -0.810. The van der Waals surface area contributed by atoms with Gasteiger partial charge in [-0.2, -0.15) is 13.2 Å². The Balaban J connectivity index is 1.36. The lowest BCUT2D eigenvalue weighted by Gasteiger charge is -2.43. The first-order chi connectivity index (χ1) is 14.3. The topological polar surface area (TPSA) is 23.5 Å². The van der Waals surface area contributed by atoms with Crippen molar-refractivity contribution >= 4 is 0 Å². The van der Waals surface area contributed by atoms with Crippen LogP contribution in [0.1, 0.15) is 77.6 Å². The number of aliphatic hydroxyl groups excluding tert-OH is 1. The maximum atomic E-state index is 13.0. The lowest BCUT2D eigenvalue weighted by atomic mass is 9.63. The van der Waals surface area contributed by atoms with Crippen molar-refractivity contribution in [2.45, 2.75) is 89.8 Å². The van der Waals surface area contributed by atoms with Crippen molar-refractivity contribution in [3.05, 3.63) is 23.3 Å². The molecule has 4 fully saturated rings. The van der Waals surface area contributed by atoms with E-state index in [9.17, 15) is 18.3 Å². The number of fused-ring (bicyclic) bond motifs is 1. The minimum Gasteiger partial charge on any atom is -0.393 e. The molecule has 0 spiro atoms. The van der Waals surface area contributed by atoms with E-state index in [1.807, 2.05) is 4.90 Å². The Morgan fingerprint density at radius 1 is 1.10 bits per heavy atom. The highest BCUT2D eigenvalue weighted by Crippen LogP contribution is 2.58. The van der Waals surface area contributed by atoms with Gasteiger partial charge < -0.3 is 10.0 Å². The van der Waals surface area contributed by atoms with Crippen LogP contribution in [0.4, 0.5) is 13.2 Å². The maximum Gasteiger partial charge on any atom is 0.393 e. The molecule has 3 aliphatic carbocycles. The summed E-state index contributed by atoms with van der Waals surface area (Å²) < 4.78 is 38.9. The summed E-state index contributed by atoms with van der Waals surface area (Å²) in [6.45, 7) is 4.06. The molecule has 4 rings (SSSR count). The van der Waals surface area contributed by atoms with Crippen molar-refractivity contribution in [3.63, 3.8) is 0 Å². The second kappa shape index (κ2) is 8.97. The van der Waals surface area contributed by atoms with Gasteiger partial charge in [0, 0.05) is 6.54 Å². The number of rotatable bonds is 4. The fraction of sp³-hybridized carbons (Fsp3) is 0.840. The zero-order chi connectivity index (χ0) is 21.4. The Morgan fingerprint density at radius 3 is 2.67 bits per heavy atom. The van der Waals surface area contributed by atoms with Gasteiger partial charge in [-0.25, -0.2) is 0 Å². The van der Waals surface area contributed by atoms with Crippen LogP contribution in [0, 0.1) is 23.2 Å². The molecule has 5 heteroatoms. The van der Waals surface area contributed by atoms with Gasteiger partial charge in [0.1, 0.15) is 0 Å². The van der Waals surface area contributed by atoms with Crippen molar-refractivity contribution in [1.82, 2.24) is 4.90 Å². The molecular weight excluding hydrogens is 387 g/mol. The summed E-state index contributed by atoms with van der Waals surface area (Å²) in [5, 5.41) is 9.92. The van der Waals surface area contributed by atoms with Gasteiger partial charge in [-0.1, -0.05) is 30.2 Å². The van der Waals surface area contributed by atoms with Crippen LogP contribution in [0.15, 0.2) is 23.3 Å². The first-order valence-corrected chi connectivity index (χ1v) is 12.1. The summed E-state index contributed by atoms with van der Waals surface area (Å²) in [6.07, 6.45) is 11.8. The highest BCUT2D eigenvalue weighted by molar-refractivity contribution is 5.25. The molecule has 1 N–H and O–H groups in total. The lowest BCUT2D eigenvalue weighted by Crippen LogP contribution is -2.35.